The van der Waals surface area contributed by atoms with E-state index < -0.39 is 11.7 Å². The molecule has 0 bridgehead atoms. The number of halogens is 4. The summed E-state index contributed by atoms with van der Waals surface area (Å²) < 4.78 is 35.9. The Kier molecular flexibility index (Phi) is 3.66. The van der Waals surface area contributed by atoms with E-state index in [0.717, 1.165) is 6.08 Å². The van der Waals surface area contributed by atoms with Crippen LogP contribution in [0.2, 0.25) is 0 Å². The quantitative estimate of drug-likeness (QED) is 0.546. The van der Waals surface area contributed by atoms with Crippen LogP contribution >= 0.6 is 11.6 Å². The van der Waals surface area contributed by atoms with Gasteiger partial charge in [-0.1, -0.05) is 23.8 Å². The highest BCUT2D eigenvalue weighted by Gasteiger charge is 2.34. The van der Waals surface area contributed by atoms with Crippen molar-refractivity contribution in [2.75, 3.05) is 0 Å². The molecule has 0 rings (SSSR count). The highest BCUT2D eigenvalue weighted by atomic mass is 35.5. The monoisotopic (exact) mass is 184 g/mol. The largest absolute Gasteiger partial charge is 0.417 e. The molecule has 0 spiro atoms. The minimum Gasteiger partial charge on any atom is -0.166 e. The predicted molar refractivity (Wildman–Crippen MR) is 39.4 cm³/mol. The van der Waals surface area contributed by atoms with Crippen molar-refractivity contribution in [3.63, 3.8) is 0 Å². The lowest BCUT2D eigenvalue weighted by atomic mass is 10.2. The molecule has 0 aromatic rings. The van der Waals surface area contributed by atoms with E-state index in [-0.39, 0.29) is 5.03 Å². The maximum absolute atomic E-state index is 12.0. The second-order valence-corrected chi connectivity index (χ2v) is 2.24. The number of hydrogen-bond acceptors (Lipinski definition) is 0. The van der Waals surface area contributed by atoms with Crippen LogP contribution in [0.15, 0.2) is 22.8 Å². The van der Waals surface area contributed by atoms with Gasteiger partial charge in [0.1, 0.15) is 0 Å². The third-order valence-electron chi connectivity index (χ3n) is 1.10. The van der Waals surface area contributed by atoms with Gasteiger partial charge in [0.05, 0.1) is 5.57 Å². The summed E-state index contributed by atoms with van der Waals surface area (Å²) in [5, 5.41) is -0.264. The van der Waals surface area contributed by atoms with Gasteiger partial charge in [-0.3, -0.25) is 0 Å². The van der Waals surface area contributed by atoms with Crippen molar-refractivity contribution < 1.29 is 13.2 Å². The number of hydrogen-bond donors (Lipinski definition) is 0. The van der Waals surface area contributed by atoms with Crippen molar-refractivity contribution in [1.82, 2.24) is 0 Å². The zero-order chi connectivity index (χ0) is 9.07. The van der Waals surface area contributed by atoms with E-state index in [1.54, 1.807) is 0 Å². The van der Waals surface area contributed by atoms with Gasteiger partial charge in [-0.2, -0.15) is 13.2 Å². The first-order valence-electron chi connectivity index (χ1n) is 2.99. The lowest BCUT2D eigenvalue weighted by Gasteiger charge is -2.08. The molecule has 0 radical (unpaired) electrons. The number of alkyl halides is 3. The van der Waals surface area contributed by atoms with Crippen LogP contribution in [0.4, 0.5) is 13.2 Å². The van der Waals surface area contributed by atoms with E-state index in [1.165, 1.54) is 19.9 Å². The average molecular weight is 185 g/mol. The van der Waals surface area contributed by atoms with Gasteiger partial charge < -0.3 is 0 Å². The smallest absolute Gasteiger partial charge is 0.166 e. The lowest BCUT2D eigenvalue weighted by molar-refractivity contribution is -0.0887. The predicted octanol–water partition coefficient (Wildman–Crippen LogP) is 3.64. The van der Waals surface area contributed by atoms with Crippen molar-refractivity contribution in [2.45, 2.75) is 20.0 Å². The van der Waals surface area contributed by atoms with E-state index in [4.69, 9.17) is 11.6 Å². The van der Waals surface area contributed by atoms with Gasteiger partial charge in [0.25, 0.3) is 0 Å². The molecule has 0 unspecified atom stereocenters. The zero-order valence-corrected chi connectivity index (χ0v) is 6.92. The SMILES string of the molecule is CC=C(Cl)C(=CC)C(F)(F)F. The molecule has 0 nitrogen and oxygen atoms in total. The molecule has 0 saturated carbocycles. The maximum atomic E-state index is 12.0. The van der Waals surface area contributed by atoms with E-state index in [1.807, 2.05) is 0 Å². The Bertz CT molecular complexity index is 188. The van der Waals surface area contributed by atoms with Gasteiger partial charge in [-0.15, -0.1) is 0 Å². The number of rotatable bonds is 1. The Morgan fingerprint density at radius 2 is 1.64 bits per heavy atom. The standard InChI is InChI=1S/C7H8ClF3/c1-3-5(6(8)4-2)7(9,10)11/h3-4H,1-2H3. The molecule has 0 saturated heterocycles. The van der Waals surface area contributed by atoms with Gasteiger partial charge in [0.2, 0.25) is 0 Å². The summed E-state index contributed by atoms with van der Waals surface area (Å²) in [6.45, 7) is 2.76. The minimum absolute atomic E-state index is 0.264. The molecule has 0 atom stereocenters. The Labute approximate surface area is 68.3 Å². The first-order chi connectivity index (χ1) is 4.93. The highest BCUT2D eigenvalue weighted by molar-refractivity contribution is 6.32. The van der Waals surface area contributed by atoms with Gasteiger partial charge >= 0.3 is 6.18 Å². The molecule has 0 aromatic heterocycles. The van der Waals surface area contributed by atoms with Crippen LogP contribution in [0.5, 0.6) is 0 Å². The van der Waals surface area contributed by atoms with E-state index in [0.29, 0.717) is 0 Å². The van der Waals surface area contributed by atoms with Crippen LogP contribution in [-0.4, -0.2) is 6.18 Å². The molecule has 0 amide bonds. The molecule has 0 aliphatic rings. The van der Waals surface area contributed by atoms with Crippen LogP contribution in [0.3, 0.4) is 0 Å². The van der Waals surface area contributed by atoms with Crippen molar-refractivity contribution in [1.29, 1.82) is 0 Å². The fraction of sp³-hybridized carbons (Fsp3) is 0.429. The van der Waals surface area contributed by atoms with Crippen LogP contribution in [-0.2, 0) is 0 Å². The topological polar surface area (TPSA) is 0 Å². The van der Waals surface area contributed by atoms with E-state index >= 15 is 0 Å². The van der Waals surface area contributed by atoms with Crippen molar-refractivity contribution in [2.24, 2.45) is 0 Å². The molecule has 11 heavy (non-hydrogen) atoms. The summed E-state index contributed by atoms with van der Waals surface area (Å²) in [5.41, 5.74) is -0.790. The van der Waals surface area contributed by atoms with Gasteiger partial charge in [0, 0.05) is 5.03 Å². The summed E-state index contributed by atoms with van der Waals surface area (Å²) in [6, 6.07) is 0. The fourth-order valence-electron chi connectivity index (χ4n) is 0.592. The third kappa shape index (κ3) is 2.97. The van der Waals surface area contributed by atoms with Crippen molar-refractivity contribution >= 4 is 11.6 Å². The van der Waals surface area contributed by atoms with Crippen LogP contribution in [0, 0.1) is 0 Å². The molecule has 0 aromatic carbocycles. The molecule has 0 fully saturated rings. The summed E-state index contributed by atoms with van der Waals surface area (Å²) in [7, 11) is 0. The Balaban J connectivity index is 4.73. The average Bonchev–Trinajstić information content (AvgIpc) is 1.86. The molecule has 0 N–H and O–H groups in total. The minimum atomic E-state index is -4.35. The summed E-state index contributed by atoms with van der Waals surface area (Å²) in [4.78, 5) is 0. The van der Waals surface area contributed by atoms with Crippen molar-refractivity contribution in [3.05, 3.63) is 22.8 Å². The summed E-state index contributed by atoms with van der Waals surface area (Å²) >= 11 is 5.29. The number of allylic oxidation sites excluding steroid dienone is 4. The van der Waals surface area contributed by atoms with Gasteiger partial charge in [-0.25, -0.2) is 0 Å². The molecule has 0 aliphatic carbocycles. The van der Waals surface area contributed by atoms with Crippen LogP contribution < -0.4 is 0 Å². The first kappa shape index (κ1) is 10.6. The normalized spacial score (nSPS) is 15.5. The molecule has 0 heterocycles. The Morgan fingerprint density at radius 3 is 1.73 bits per heavy atom. The van der Waals surface area contributed by atoms with Gasteiger partial charge in [0.15, 0.2) is 0 Å². The van der Waals surface area contributed by atoms with E-state index in [9.17, 15) is 13.2 Å². The summed E-state index contributed by atoms with van der Waals surface area (Å²) in [6.07, 6.45) is -2.19. The molecular weight excluding hydrogens is 177 g/mol. The van der Waals surface area contributed by atoms with Gasteiger partial charge in [-0.05, 0) is 13.8 Å². The maximum Gasteiger partial charge on any atom is 0.417 e. The summed E-state index contributed by atoms with van der Waals surface area (Å²) in [5.74, 6) is 0. The Morgan fingerprint density at radius 1 is 1.18 bits per heavy atom. The van der Waals surface area contributed by atoms with E-state index in [2.05, 4.69) is 0 Å². The lowest BCUT2D eigenvalue weighted by Crippen LogP contribution is -2.11. The Hall–Kier alpha value is -0.440. The second kappa shape index (κ2) is 3.81. The van der Waals surface area contributed by atoms with Crippen molar-refractivity contribution in [3.8, 4) is 0 Å². The molecular formula is C7H8ClF3. The fourth-order valence-corrected chi connectivity index (χ4v) is 0.809. The molecule has 64 valence electrons. The molecule has 0 aliphatic heterocycles. The first-order valence-corrected chi connectivity index (χ1v) is 3.37. The highest BCUT2D eigenvalue weighted by Crippen LogP contribution is 2.32. The van der Waals surface area contributed by atoms with Crippen LogP contribution in [0.1, 0.15) is 13.8 Å². The third-order valence-corrected chi connectivity index (χ3v) is 1.53. The zero-order valence-electron chi connectivity index (χ0n) is 6.17. The van der Waals surface area contributed by atoms with Crippen LogP contribution in [0.25, 0.3) is 0 Å². The molecule has 4 heteroatoms. The second-order valence-electron chi connectivity index (χ2n) is 1.84.